The van der Waals surface area contributed by atoms with Crippen molar-refractivity contribution in [2.75, 3.05) is 13.1 Å². The number of rotatable bonds is 3. The van der Waals surface area contributed by atoms with E-state index in [9.17, 15) is 18.0 Å². The first kappa shape index (κ1) is 14.3. The van der Waals surface area contributed by atoms with Gasteiger partial charge in [0.25, 0.3) is 0 Å². The van der Waals surface area contributed by atoms with Crippen LogP contribution in [0.15, 0.2) is 0 Å². The number of alkyl halides is 3. The molecule has 6 heteroatoms. The maximum atomic E-state index is 13.0. The van der Waals surface area contributed by atoms with E-state index in [2.05, 4.69) is 5.32 Å². The first-order valence-corrected chi connectivity index (χ1v) is 5.69. The molecular formula is C11H18F3NO2. The molecule has 0 aromatic rings. The number of carbonyl (C=O) groups is 1. The van der Waals surface area contributed by atoms with Crippen molar-refractivity contribution < 1.29 is 22.7 Å². The molecule has 0 spiro atoms. The predicted molar refractivity (Wildman–Crippen MR) is 56.4 cm³/mol. The molecule has 0 aromatic carbocycles. The lowest BCUT2D eigenvalue weighted by Gasteiger charge is -2.30. The lowest BCUT2D eigenvalue weighted by molar-refractivity contribution is -0.232. The van der Waals surface area contributed by atoms with Crippen LogP contribution >= 0.6 is 0 Å². The van der Waals surface area contributed by atoms with Crippen molar-refractivity contribution in [3.63, 3.8) is 0 Å². The Hall–Kier alpha value is -0.780. The van der Waals surface area contributed by atoms with Gasteiger partial charge >= 0.3 is 12.1 Å². The van der Waals surface area contributed by atoms with Gasteiger partial charge in [0.05, 0.1) is 0 Å². The molecule has 0 aromatic heterocycles. The first-order valence-electron chi connectivity index (χ1n) is 5.69. The van der Waals surface area contributed by atoms with Crippen molar-refractivity contribution >= 4 is 5.97 Å². The number of carbonyl (C=O) groups excluding carboxylic acids is 1. The molecule has 1 rings (SSSR count). The molecule has 1 aliphatic rings. The standard InChI is InChI=1S/C11H18F3NO2/c1-7(2)8(3)17-9(16)10(11(12,13)14)4-5-15-6-10/h7-8,15H,4-6H2,1-3H3. The summed E-state index contributed by atoms with van der Waals surface area (Å²) in [6.45, 7) is 5.00. The van der Waals surface area contributed by atoms with E-state index in [1.165, 1.54) is 0 Å². The third kappa shape index (κ3) is 2.73. The summed E-state index contributed by atoms with van der Waals surface area (Å²) in [5.74, 6) is -1.16. The van der Waals surface area contributed by atoms with Crippen LogP contribution in [0.2, 0.25) is 0 Å². The van der Waals surface area contributed by atoms with E-state index >= 15 is 0 Å². The highest BCUT2D eigenvalue weighted by Gasteiger charge is 2.62. The van der Waals surface area contributed by atoms with E-state index < -0.39 is 23.7 Å². The number of nitrogens with one attached hydrogen (secondary N) is 1. The average Bonchev–Trinajstić information content (AvgIpc) is 2.65. The van der Waals surface area contributed by atoms with Crippen LogP contribution < -0.4 is 5.32 Å². The minimum absolute atomic E-state index is 0.00130. The molecule has 1 heterocycles. The van der Waals surface area contributed by atoms with Gasteiger partial charge in [-0.2, -0.15) is 13.2 Å². The summed E-state index contributed by atoms with van der Waals surface area (Å²) in [6.07, 6.45) is -5.33. The van der Waals surface area contributed by atoms with Gasteiger partial charge in [0.2, 0.25) is 0 Å². The highest BCUT2D eigenvalue weighted by atomic mass is 19.4. The van der Waals surface area contributed by atoms with Gasteiger partial charge in [0.1, 0.15) is 6.10 Å². The van der Waals surface area contributed by atoms with Crippen LogP contribution in [-0.4, -0.2) is 31.3 Å². The minimum atomic E-state index is -4.57. The van der Waals surface area contributed by atoms with E-state index in [0.717, 1.165) is 0 Å². The van der Waals surface area contributed by atoms with Crippen LogP contribution in [0.4, 0.5) is 13.2 Å². The van der Waals surface area contributed by atoms with Crippen LogP contribution in [0.1, 0.15) is 27.2 Å². The first-order chi connectivity index (χ1) is 7.71. The van der Waals surface area contributed by atoms with E-state index in [0.29, 0.717) is 0 Å². The molecule has 2 unspecified atom stereocenters. The Morgan fingerprint density at radius 1 is 1.35 bits per heavy atom. The number of ether oxygens (including phenoxy) is 1. The molecule has 17 heavy (non-hydrogen) atoms. The molecule has 0 radical (unpaired) electrons. The van der Waals surface area contributed by atoms with Gasteiger partial charge in [0, 0.05) is 6.54 Å². The summed E-state index contributed by atoms with van der Waals surface area (Å²) < 4.78 is 43.9. The van der Waals surface area contributed by atoms with E-state index in [4.69, 9.17) is 4.74 Å². The minimum Gasteiger partial charge on any atom is -0.462 e. The fraction of sp³-hybridized carbons (Fsp3) is 0.909. The van der Waals surface area contributed by atoms with Crippen molar-refractivity contribution in [1.82, 2.24) is 5.32 Å². The van der Waals surface area contributed by atoms with Crippen LogP contribution in [0.5, 0.6) is 0 Å². The second kappa shape index (κ2) is 4.84. The molecule has 0 aliphatic carbocycles. The number of esters is 1. The molecular weight excluding hydrogens is 235 g/mol. The SMILES string of the molecule is CC(C)C(C)OC(=O)C1(C(F)(F)F)CCNC1. The molecule has 1 aliphatic heterocycles. The quantitative estimate of drug-likeness (QED) is 0.783. The maximum Gasteiger partial charge on any atom is 0.406 e. The van der Waals surface area contributed by atoms with E-state index in [1.54, 1.807) is 20.8 Å². The molecule has 1 fully saturated rings. The molecule has 3 nitrogen and oxygen atoms in total. The zero-order valence-corrected chi connectivity index (χ0v) is 10.2. The zero-order chi connectivity index (χ0) is 13.3. The largest absolute Gasteiger partial charge is 0.462 e. The lowest BCUT2D eigenvalue weighted by atomic mass is 9.86. The monoisotopic (exact) mass is 253 g/mol. The molecule has 1 N–H and O–H groups in total. The van der Waals surface area contributed by atoms with Gasteiger partial charge in [-0.05, 0) is 25.8 Å². The Morgan fingerprint density at radius 3 is 2.29 bits per heavy atom. The Kier molecular flexibility index (Phi) is 4.06. The Morgan fingerprint density at radius 2 is 1.94 bits per heavy atom. The average molecular weight is 253 g/mol. The fourth-order valence-electron chi connectivity index (χ4n) is 1.64. The van der Waals surface area contributed by atoms with Gasteiger partial charge in [-0.1, -0.05) is 13.8 Å². The summed E-state index contributed by atoms with van der Waals surface area (Å²) >= 11 is 0. The van der Waals surface area contributed by atoms with Crippen LogP contribution in [0.25, 0.3) is 0 Å². The summed E-state index contributed by atoms with van der Waals surface area (Å²) in [5, 5.41) is 2.58. The second-order valence-corrected chi connectivity index (χ2v) is 4.86. The van der Waals surface area contributed by atoms with Gasteiger partial charge in [-0.3, -0.25) is 4.79 Å². The van der Waals surface area contributed by atoms with Crippen molar-refractivity contribution in [2.24, 2.45) is 11.3 Å². The smallest absolute Gasteiger partial charge is 0.406 e. The maximum absolute atomic E-state index is 13.0. The van der Waals surface area contributed by atoms with Gasteiger partial charge in [-0.15, -0.1) is 0 Å². The third-order valence-electron chi connectivity index (χ3n) is 3.32. The van der Waals surface area contributed by atoms with E-state index in [1.807, 2.05) is 0 Å². The number of halogens is 3. The summed E-state index contributed by atoms with van der Waals surface area (Å²) in [4.78, 5) is 11.7. The molecule has 0 bridgehead atoms. The van der Waals surface area contributed by atoms with Crippen LogP contribution in [0, 0.1) is 11.3 Å². The Labute approximate surface area is 98.7 Å². The third-order valence-corrected chi connectivity index (χ3v) is 3.32. The summed E-state index contributed by atoms with van der Waals surface area (Å²) in [7, 11) is 0. The predicted octanol–water partition coefficient (Wildman–Crippen LogP) is 2.12. The van der Waals surface area contributed by atoms with Crippen LogP contribution in [-0.2, 0) is 9.53 Å². The Bertz CT molecular complexity index is 283. The molecule has 100 valence electrons. The van der Waals surface area contributed by atoms with Crippen molar-refractivity contribution in [3.8, 4) is 0 Å². The second-order valence-electron chi connectivity index (χ2n) is 4.86. The lowest BCUT2D eigenvalue weighted by Crippen LogP contribution is -2.48. The van der Waals surface area contributed by atoms with Crippen LogP contribution in [0.3, 0.4) is 0 Å². The Balaban J connectivity index is 2.83. The fourth-order valence-corrected chi connectivity index (χ4v) is 1.64. The summed E-state index contributed by atoms with van der Waals surface area (Å²) in [5.41, 5.74) is -2.36. The highest BCUT2D eigenvalue weighted by molar-refractivity contribution is 5.79. The number of hydrogen-bond donors (Lipinski definition) is 1. The van der Waals surface area contributed by atoms with E-state index in [-0.39, 0.29) is 25.4 Å². The van der Waals surface area contributed by atoms with Gasteiger partial charge in [-0.25, -0.2) is 0 Å². The summed E-state index contributed by atoms with van der Waals surface area (Å²) in [6, 6.07) is 0. The van der Waals surface area contributed by atoms with Gasteiger partial charge < -0.3 is 10.1 Å². The van der Waals surface area contributed by atoms with Crippen molar-refractivity contribution in [1.29, 1.82) is 0 Å². The molecule has 2 atom stereocenters. The van der Waals surface area contributed by atoms with Crippen molar-refractivity contribution in [2.45, 2.75) is 39.5 Å². The molecule has 0 amide bonds. The topological polar surface area (TPSA) is 38.3 Å². The molecule has 0 saturated carbocycles. The van der Waals surface area contributed by atoms with Gasteiger partial charge in [0.15, 0.2) is 5.41 Å². The molecule has 1 saturated heterocycles. The van der Waals surface area contributed by atoms with Crippen molar-refractivity contribution in [3.05, 3.63) is 0 Å². The highest BCUT2D eigenvalue weighted by Crippen LogP contribution is 2.44. The zero-order valence-electron chi connectivity index (χ0n) is 10.2. The normalized spacial score (nSPS) is 27.2. The number of hydrogen-bond acceptors (Lipinski definition) is 3.